The third-order valence-corrected chi connectivity index (χ3v) is 4.47. The number of ether oxygens (including phenoxy) is 2. The number of hydrogen-bond acceptors (Lipinski definition) is 8. The number of carbonyl (C=O) groups is 1. The first-order chi connectivity index (χ1) is 11.5. The quantitative estimate of drug-likeness (QED) is 0.411. The van der Waals surface area contributed by atoms with E-state index in [9.17, 15) is 9.90 Å². The van der Waals surface area contributed by atoms with Crippen LogP contribution in [0.3, 0.4) is 0 Å². The molecule has 1 heterocycles. The van der Waals surface area contributed by atoms with Gasteiger partial charge in [-0.15, -0.1) is 11.3 Å². The number of methoxy groups -OCH3 is 1. The van der Waals surface area contributed by atoms with Crippen molar-refractivity contribution in [3.8, 4) is 11.5 Å². The lowest BCUT2D eigenvalue weighted by molar-refractivity contribution is -0.142. The van der Waals surface area contributed by atoms with Gasteiger partial charge in [-0.3, -0.25) is 10.2 Å². The van der Waals surface area contributed by atoms with Crippen molar-refractivity contribution in [3.63, 3.8) is 0 Å². The number of esters is 1. The van der Waals surface area contributed by atoms with Gasteiger partial charge in [-0.05, 0) is 35.0 Å². The van der Waals surface area contributed by atoms with Gasteiger partial charge in [0, 0.05) is 10.9 Å². The Hall–Kier alpha value is -2.13. The van der Waals surface area contributed by atoms with E-state index in [2.05, 4.69) is 31.4 Å². The fourth-order valence-electron chi connectivity index (χ4n) is 1.81. The Morgan fingerprint density at radius 1 is 1.54 bits per heavy atom. The molecule has 0 aliphatic rings. The molecule has 0 saturated carbocycles. The normalized spacial score (nSPS) is 10.8. The van der Waals surface area contributed by atoms with Crippen LogP contribution in [0.4, 0.5) is 5.13 Å². The zero-order valence-electron chi connectivity index (χ0n) is 13.1. The van der Waals surface area contributed by atoms with Crippen molar-refractivity contribution < 1.29 is 19.4 Å². The summed E-state index contributed by atoms with van der Waals surface area (Å²) in [6.45, 7) is 2.11. The summed E-state index contributed by atoms with van der Waals surface area (Å²) in [5.41, 5.74) is 4.15. The molecular weight excluding hydrogens is 398 g/mol. The van der Waals surface area contributed by atoms with Crippen LogP contribution in [-0.4, -0.2) is 36.0 Å². The van der Waals surface area contributed by atoms with Crippen molar-refractivity contribution >= 4 is 44.6 Å². The molecule has 9 heteroatoms. The summed E-state index contributed by atoms with van der Waals surface area (Å²) in [6.07, 6.45) is 1.70. The Morgan fingerprint density at radius 2 is 2.33 bits per heavy atom. The number of halogens is 1. The summed E-state index contributed by atoms with van der Waals surface area (Å²) in [4.78, 5) is 15.7. The molecule has 0 aliphatic heterocycles. The van der Waals surface area contributed by atoms with Crippen LogP contribution < -0.4 is 10.2 Å². The van der Waals surface area contributed by atoms with Crippen molar-refractivity contribution in [3.05, 3.63) is 33.2 Å². The van der Waals surface area contributed by atoms with Crippen LogP contribution in [0.2, 0.25) is 0 Å². The lowest BCUT2D eigenvalue weighted by atomic mass is 10.2. The van der Waals surface area contributed by atoms with Gasteiger partial charge in [0.05, 0.1) is 36.5 Å². The fraction of sp³-hybridized carbons (Fsp3) is 0.267. The molecule has 0 amide bonds. The summed E-state index contributed by atoms with van der Waals surface area (Å²) in [5, 5.41) is 16.1. The molecule has 1 aromatic carbocycles. The van der Waals surface area contributed by atoms with Gasteiger partial charge in [-0.25, -0.2) is 4.98 Å². The van der Waals surface area contributed by atoms with Gasteiger partial charge >= 0.3 is 5.97 Å². The highest BCUT2D eigenvalue weighted by Crippen LogP contribution is 2.36. The first-order valence-electron chi connectivity index (χ1n) is 6.99. The zero-order valence-corrected chi connectivity index (χ0v) is 15.5. The Labute approximate surface area is 151 Å². The standard InChI is InChI=1S/C15H16BrN3O4S/c1-3-23-12(21)6-10-8-24-15(18-10)19-17-7-9-4-5-11(20)14(22-2)13(9)16/h4-5,7-8,20H,3,6H2,1-2H3,(H,18,19). The number of aromatic hydroxyl groups is 1. The molecule has 1 aromatic heterocycles. The Kier molecular flexibility index (Phi) is 6.56. The molecule has 2 rings (SSSR count). The molecule has 0 bridgehead atoms. The van der Waals surface area contributed by atoms with E-state index < -0.39 is 0 Å². The molecule has 0 unspecified atom stereocenters. The summed E-state index contributed by atoms with van der Waals surface area (Å²) in [5.74, 6) is 0.0703. The van der Waals surface area contributed by atoms with Gasteiger partial charge in [-0.2, -0.15) is 5.10 Å². The van der Waals surface area contributed by atoms with Crippen LogP contribution in [-0.2, 0) is 16.0 Å². The SMILES string of the molecule is CCOC(=O)Cc1csc(NN=Cc2ccc(O)c(OC)c2Br)n1. The number of hydrogen-bond donors (Lipinski definition) is 2. The highest BCUT2D eigenvalue weighted by atomic mass is 79.9. The van der Waals surface area contributed by atoms with Crippen LogP contribution in [0.25, 0.3) is 0 Å². The van der Waals surface area contributed by atoms with Crippen molar-refractivity contribution in [2.24, 2.45) is 5.10 Å². The number of carbonyl (C=O) groups excluding carboxylic acids is 1. The molecular formula is C15H16BrN3O4S. The predicted octanol–water partition coefficient (Wildman–Crippen LogP) is 3.17. The highest BCUT2D eigenvalue weighted by Gasteiger charge is 2.10. The Balaban J connectivity index is 2.00. The van der Waals surface area contributed by atoms with Crippen molar-refractivity contribution in [2.75, 3.05) is 19.1 Å². The van der Waals surface area contributed by atoms with Crippen LogP contribution >= 0.6 is 27.3 Å². The first kappa shape index (κ1) is 18.2. The number of thiazole rings is 1. The number of nitrogens with zero attached hydrogens (tertiary/aromatic N) is 2. The molecule has 0 saturated heterocycles. The maximum atomic E-state index is 11.4. The summed E-state index contributed by atoms with van der Waals surface area (Å²) < 4.78 is 10.6. The van der Waals surface area contributed by atoms with E-state index in [1.807, 2.05) is 0 Å². The maximum Gasteiger partial charge on any atom is 0.311 e. The molecule has 0 aliphatic carbocycles. The second-order valence-electron chi connectivity index (χ2n) is 4.52. The molecule has 7 nitrogen and oxygen atoms in total. The minimum atomic E-state index is -0.307. The predicted molar refractivity (Wildman–Crippen MR) is 96.0 cm³/mol. The minimum Gasteiger partial charge on any atom is -0.504 e. The number of nitrogens with one attached hydrogen (secondary N) is 1. The van der Waals surface area contributed by atoms with E-state index >= 15 is 0 Å². The third-order valence-electron chi connectivity index (χ3n) is 2.86. The van der Waals surface area contributed by atoms with Gasteiger partial charge in [0.25, 0.3) is 0 Å². The van der Waals surface area contributed by atoms with Gasteiger partial charge in [0.2, 0.25) is 5.13 Å². The van der Waals surface area contributed by atoms with Crippen molar-refractivity contribution in [2.45, 2.75) is 13.3 Å². The largest absolute Gasteiger partial charge is 0.504 e. The topological polar surface area (TPSA) is 93.0 Å². The number of rotatable bonds is 7. The summed E-state index contributed by atoms with van der Waals surface area (Å²) >= 11 is 4.70. The van der Waals surface area contributed by atoms with Crippen LogP contribution in [0, 0.1) is 0 Å². The van der Waals surface area contributed by atoms with Crippen LogP contribution in [0.15, 0.2) is 27.1 Å². The number of anilines is 1. The van der Waals surface area contributed by atoms with Gasteiger partial charge in [0.15, 0.2) is 11.5 Å². The zero-order chi connectivity index (χ0) is 17.5. The number of aromatic nitrogens is 1. The average molecular weight is 414 g/mol. The molecule has 2 N–H and O–H groups in total. The molecule has 0 atom stereocenters. The number of phenolic OH excluding ortho intramolecular Hbond substituents is 1. The van der Waals surface area contributed by atoms with Gasteiger partial charge in [-0.1, -0.05) is 0 Å². The van der Waals surface area contributed by atoms with Crippen molar-refractivity contribution in [1.82, 2.24) is 4.98 Å². The number of benzene rings is 1. The second-order valence-corrected chi connectivity index (χ2v) is 6.17. The Morgan fingerprint density at radius 3 is 3.04 bits per heavy atom. The molecule has 0 fully saturated rings. The molecule has 0 spiro atoms. The average Bonchev–Trinajstić information content (AvgIpc) is 2.97. The minimum absolute atomic E-state index is 0.0398. The van der Waals surface area contributed by atoms with E-state index in [0.717, 1.165) is 5.56 Å². The van der Waals surface area contributed by atoms with Gasteiger partial charge < -0.3 is 14.6 Å². The van der Waals surface area contributed by atoms with E-state index in [4.69, 9.17) is 9.47 Å². The number of hydrazone groups is 1. The lowest BCUT2D eigenvalue weighted by Gasteiger charge is -2.07. The third kappa shape index (κ3) is 4.68. The smallest absolute Gasteiger partial charge is 0.311 e. The molecule has 2 aromatic rings. The molecule has 24 heavy (non-hydrogen) atoms. The monoisotopic (exact) mass is 413 g/mol. The summed E-state index contributed by atoms with van der Waals surface area (Å²) in [6, 6.07) is 3.22. The molecule has 0 radical (unpaired) electrons. The van der Waals surface area contributed by atoms with Crippen molar-refractivity contribution in [1.29, 1.82) is 0 Å². The van der Waals surface area contributed by atoms with E-state index in [1.165, 1.54) is 24.5 Å². The number of phenols is 1. The highest BCUT2D eigenvalue weighted by molar-refractivity contribution is 9.10. The van der Waals surface area contributed by atoms with E-state index in [0.29, 0.717) is 27.7 Å². The van der Waals surface area contributed by atoms with E-state index in [1.54, 1.807) is 24.6 Å². The maximum absolute atomic E-state index is 11.4. The Bertz CT molecular complexity index is 748. The van der Waals surface area contributed by atoms with Crippen LogP contribution in [0.1, 0.15) is 18.2 Å². The second kappa shape index (κ2) is 8.65. The first-order valence-corrected chi connectivity index (χ1v) is 8.67. The van der Waals surface area contributed by atoms with Crippen LogP contribution in [0.5, 0.6) is 11.5 Å². The molecule has 128 valence electrons. The fourth-order valence-corrected chi connectivity index (χ4v) is 3.07. The lowest BCUT2D eigenvalue weighted by Crippen LogP contribution is -2.07. The van der Waals surface area contributed by atoms with Gasteiger partial charge in [0.1, 0.15) is 0 Å². The summed E-state index contributed by atoms with van der Waals surface area (Å²) in [7, 11) is 1.47. The van der Waals surface area contributed by atoms with E-state index in [-0.39, 0.29) is 18.1 Å².